The van der Waals surface area contributed by atoms with Crippen molar-refractivity contribution in [2.24, 2.45) is 0 Å². The van der Waals surface area contributed by atoms with Crippen molar-refractivity contribution < 1.29 is 14.3 Å². The molecule has 28 heavy (non-hydrogen) atoms. The molecule has 0 saturated carbocycles. The molecule has 0 fully saturated rings. The highest BCUT2D eigenvalue weighted by Crippen LogP contribution is 2.21. The van der Waals surface area contributed by atoms with Crippen molar-refractivity contribution in [1.82, 2.24) is 16.2 Å². The molecule has 7 heteroatoms. The van der Waals surface area contributed by atoms with E-state index in [9.17, 15) is 9.59 Å². The summed E-state index contributed by atoms with van der Waals surface area (Å²) in [7, 11) is 0. The predicted molar refractivity (Wildman–Crippen MR) is 114 cm³/mol. The number of nitrogens with one attached hydrogen (secondary N) is 3. The van der Waals surface area contributed by atoms with E-state index in [1.807, 2.05) is 63.2 Å². The number of carbonyl (C=O) groups is 2. The molecule has 2 amide bonds. The monoisotopic (exact) mass is 397 g/mol. The lowest BCUT2D eigenvalue weighted by molar-refractivity contribution is -0.123. The highest BCUT2D eigenvalue weighted by atomic mass is 32.1. The Labute approximate surface area is 169 Å². The summed E-state index contributed by atoms with van der Waals surface area (Å²) in [6.07, 6.45) is 3.04. The quantitative estimate of drug-likeness (QED) is 0.411. The van der Waals surface area contributed by atoms with Crippen LogP contribution in [0.4, 0.5) is 0 Å². The first-order valence-electron chi connectivity index (χ1n) is 8.68. The van der Waals surface area contributed by atoms with E-state index in [1.165, 1.54) is 6.08 Å². The summed E-state index contributed by atoms with van der Waals surface area (Å²) >= 11 is 4.98. The van der Waals surface area contributed by atoms with E-state index >= 15 is 0 Å². The maximum atomic E-state index is 11.9. The van der Waals surface area contributed by atoms with Gasteiger partial charge in [0.05, 0.1) is 0 Å². The normalized spacial score (nSPS) is 10.4. The first-order chi connectivity index (χ1) is 13.3. The van der Waals surface area contributed by atoms with Gasteiger partial charge in [-0.15, -0.1) is 0 Å². The largest absolute Gasteiger partial charge is 0.483 e. The van der Waals surface area contributed by atoms with Crippen molar-refractivity contribution in [3.63, 3.8) is 0 Å². The number of hydrogen-bond donors (Lipinski definition) is 3. The molecule has 2 aromatic rings. The molecule has 0 spiro atoms. The molecule has 0 radical (unpaired) electrons. The van der Waals surface area contributed by atoms with Gasteiger partial charge in [0.15, 0.2) is 11.7 Å². The maximum Gasteiger partial charge on any atom is 0.276 e. The fraction of sp³-hybridized carbons (Fsp3) is 0.190. The number of rotatable bonds is 5. The van der Waals surface area contributed by atoms with Crippen molar-refractivity contribution in [3.05, 3.63) is 70.8 Å². The maximum absolute atomic E-state index is 11.9. The lowest BCUT2D eigenvalue weighted by Gasteiger charge is -2.13. The van der Waals surface area contributed by atoms with Crippen LogP contribution in [-0.4, -0.2) is 23.5 Å². The molecule has 0 heterocycles. The minimum atomic E-state index is -0.422. The molecular formula is C21H23N3O3S. The second-order valence-corrected chi connectivity index (χ2v) is 6.65. The zero-order valence-electron chi connectivity index (χ0n) is 16.0. The molecule has 0 unspecified atom stereocenters. The fourth-order valence-corrected chi connectivity index (χ4v) is 2.51. The third-order valence-corrected chi connectivity index (χ3v) is 4.02. The number of thiocarbonyl (C=S) groups is 1. The number of amides is 2. The molecule has 0 aliphatic carbocycles. The Morgan fingerprint density at radius 2 is 1.64 bits per heavy atom. The van der Waals surface area contributed by atoms with Gasteiger partial charge in [0.2, 0.25) is 5.91 Å². The van der Waals surface area contributed by atoms with Crippen LogP contribution in [0.3, 0.4) is 0 Å². The molecule has 0 bridgehead atoms. The van der Waals surface area contributed by atoms with Gasteiger partial charge in [-0.3, -0.25) is 25.8 Å². The first kappa shape index (κ1) is 21.1. The Morgan fingerprint density at radius 1 is 1.00 bits per heavy atom. The van der Waals surface area contributed by atoms with Crippen LogP contribution in [0.2, 0.25) is 0 Å². The molecule has 3 N–H and O–H groups in total. The second kappa shape index (κ2) is 10.2. The summed E-state index contributed by atoms with van der Waals surface area (Å²) in [5.74, 6) is -0.150. The smallest absolute Gasteiger partial charge is 0.276 e. The average molecular weight is 398 g/mol. The van der Waals surface area contributed by atoms with Crippen LogP contribution in [0, 0.1) is 20.8 Å². The van der Waals surface area contributed by atoms with E-state index in [0.29, 0.717) is 5.75 Å². The van der Waals surface area contributed by atoms with Gasteiger partial charge in [-0.25, -0.2) is 0 Å². The Hall–Kier alpha value is -3.19. The van der Waals surface area contributed by atoms with Gasteiger partial charge in [-0.2, -0.15) is 0 Å². The molecule has 0 aliphatic rings. The molecule has 2 rings (SSSR count). The topological polar surface area (TPSA) is 79.5 Å². The van der Waals surface area contributed by atoms with Gasteiger partial charge >= 0.3 is 0 Å². The number of ether oxygens (including phenoxy) is 1. The number of carbonyl (C=O) groups excluding carboxylic acids is 2. The van der Waals surface area contributed by atoms with Gasteiger partial charge in [-0.1, -0.05) is 48.0 Å². The van der Waals surface area contributed by atoms with Gasteiger partial charge in [0.25, 0.3) is 5.91 Å². The van der Waals surface area contributed by atoms with Gasteiger partial charge in [0, 0.05) is 6.08 Å². The Bertz CT molecular complexity index is 872. The molecule has 146 valence electrons. The SMILES string of the molecule is Cc1ccc(C=CC(=O)NC(=S)NNC(=O)COc2c(C)cccc2C)cc1. The lowest BCUT2D eigenvalue weighted by Crippen LogP contribution is -2.49. The number of hydrazine groups is 1. The van der Waals surface area contributed by atoms with E-state index in [1.54, 1.807) is 6.08 Å². The second-order valence-electron chi connectivity index (χ2n) is 6.25. The van der Waals surface area contributed by atoms with Gasteiger partial charge < -0.3 is 4.74 Å². The number of benzene rings is 2. The van der Waals surface area contributed by atoms with Crippen LogP contribution in [0.1, 0.15) is 22.3 Å². The average Bonchev–Trinajstić information content (AvgIpc) is 2.65. The molecule has 0 aliphatic heterocycles. The summed E-state index contributed by atoms with van der Waals surface area (Å²) in [6.45, 7) is 5.63. The summed E-state index contributed by atoms with van der Waals surface area (Å²) in [6, 6.07) is 13.5. The van der Waals surface area contributed by atoms with Crippen LogP contribution >= 0.6 is 12.2 Å². The van der Waals surface area contributed by atoms with Crippen LogP contribution in [0.15, 0.2) is 48.5 Å². The van der Waals surface area contributed by atoms with Crippen molar-refractivity contribution in [1.29, 1.82) is 0 Å². The van der Waals surface area contributed by atoms with Crippen LogP contribution < -0.4 is 20.9 Å². The van der Waals surface area contributed by atoms with Crippen molar-refractivity contribution in [3.8, 4) is 5.75 Å². The summed E-state index contributed by atoms with van der Waals surface area (Å²) < 4.78 is 5.54. The van der Waals surface area contributed by atoms with Crippen LogP contribution in [0.25, 0.3) is 6.08 Å². The Kier molecular flexibility index (Phi) is 7.71. The summed E-state index contributed by atoms with van der Waals surface area (Å²) in [5.41, 5.74) is 8.79. The molecular weight excluding hydrogens is 374 g/mol. The molecule has 2 aromatic carbocycles. The van der Waals surface area contributed by atoms with E-state index < -0.39 is 11.8 Å². The predicted octanol–water partition coefficient (Wildman–Crippen LogP) is 2.73. The highest BCUT2D eigenvalue weighted by Gasteiger charge is 2.08. The molecule has 6 nitrogen and oxygen atoms in total. The minimum absolute atomic E-state index is 0.0148. The minimum Gasteiger partial charge on any atom is -0.483 e. The highest BCUT2D eigenvalue weighted by molar-refractivity contribution is 7.80. The number of aryl methyl sites for hydroxylation is 3. The first-order valence-corrected chi connectivity index (χ1v) is 9.09. The fourth-order valence-electron chi connectivity index (χ4n) is 2.36. The molecule has 0 atom stereocenters. The van der Waals surface area contributed by atoms with E-state index in [-0.39, 0.29) is 11.7 Å². The van der Waals surface area contributed by atoms with Crippen molar-refractivity contribution >= 4 is 35.2 Å². The third kappa shape index (κ3) is 6.85. The van der Waals surface area contributed by atoms with E-state index in [4.69, 9.17) is 17.0 Å². The van der Waals surface area contributed by atoms with Crippen LogP contribution in [0.5, 0.6) is 5.75 Å². The summed E-state index contributed by atoms with van der Waals surface area (Å²) in [5, 5.41) is 2.43. The van der Waals surface area contributed by atoms with Crippen LogP contribution in [-0.2, 0) is 9.59 Å². The zero-order valence-corrected chi connectivity index (χ0v) is 16.9. The standard InChI is InChI=1S/C21H23N3O3S/c1-14-7-9-17(10-8-14)11-12-18(25)22-21(28)24-23-19(26)13-27-20-15(2)5-4-6-16(20)3/h4-12H,13H2,1-3H3,(H,23,26)(H2,22,24,25,28). The summed E-state index contributed by atoms with van der Waals surface area (Å²) in [4.78, 5) is 23.7. The van der Waals surface area contributed by atoms with Gasteiger partial charge in [-0.05, 0) is 55.8 Å². The van der Waals surface area contributed by atoms with E-state index in [0.717, 1.165) is 22.3 Å². The third-order valence-electron chi connectivity index (χ3n) is 3.81. The van der Waals surface area contributed by atoms with Gasteiger partial charge in [0.1, 0.15) is 5.75 Å². The van der Waals surface area contributed by atoms with E-state index in [2.05, 4.69) is 16.2 Å². The Morgan fingerprint density at radius 3 is 2.29 bits per heavy atom. The zero-order chi connectivity index (χ0) is 20.5. The Balaban J connectivity index is 1.73. The van der Waals surface area contributed by atoms with Crippen molar-refractivity contribution in [2.75, 3.05) is 6.61 Å². The lowest BCUT2D eigenvalue weighted by atomic mass is 10.1. The number of para-hydroxylation sites is 1. The van der Waals surface area contributed by atoms with Crippen molar-refractivity contribution in [2.45, 2.75) is 20.8 Å². The number of hydrogen-bond acceptors (Lipinski definition) is 4. The molecule has 0 saturated heterocycles. The molecule has 0 aromatic heterocycles.